The van der Waals surface area contributed by atoms with E-state index in [4.69, 9.17) is 23.2 Å². The number of nitrogens with one attached hydrogen (secondary N) is 1. The molecule has 0 heterocycles. The zero-order valence-electron chi connectivity index (χ0n) is 10.1. The Labute approximate surface area is 129 Å². The summed E-state index contributed by atoms with van der Waals surface area (Å²) in [5.41, 5.74) is 1.47. The Balaban J connectivity index is 2.26. The van der Waals surface area contributed by atoms with Gasteiger partial charge in [-0.15, -0.1) is 0 Å². The number of halogens is 4. The average Bonchev–Trinajstić information content (AvgIpc) is 2.33. The maximum Gasteiger partial charge on any atom is 0.123 e. The maximum absolute atomic E-state index is 13.2. The molecule has 2 rings (SSSR count). The number of hydrogen-bond acceptors (Lipinski definition) is 1. The summed E-state index contributed by atoms with van der Waals surface area (Å²) in [7, 11) is 0. The molecule has 0 fully saturated rings. The SMILES string of the molecule is CC(Nc1c(Cl)cc(Br)cc1Cl)c1cccc(F)c1. The van der Waals surface area contributed by atoms with Crippen LogP contribution in [0, 0.1) is 5.82 Å². The summed E-state index contributed by atoms with van der Waals surface area (Å²) in [6.07, 6.45) is 0. The van der Waals surface area contributed by atoms with Crippen molar-refractivity contribution in [2.24, 2.45) is 0 Å². The molecule has 0 saturated heterocycles. The molecule has 1 unspecified atom stereocenters. The molecule has 0 aliphatic heterocycles. The molecule has 0 aliphatic rings. The van der Waals surface area contributed by atoms with E-state index in [-0.39, 0.29) is 11.9 Å². The monoisotopic (exact) mass is 361 g/mol. The van der Waals surface area contributed by atoms with Gasteiger partial charge < -0.3 is 5.32 Å². The van der Waals surface area contributed by atoms with Gasteiger partial charge in [0.05, 0.1) is 15.7 Å². The fraction of sp³-hybridized carbons (Fsp3) is 0.143. The Kier molecular flexibility index (Phi) is 4.71. The van der Waals surface area contributed by atoms with Crippen molar-refractivity contribution in [3.63, 3.8) is 0 Å². The van der Waals surface area contributed by atoms with Crippen LogP contribution in [0.15, 0.2) is 40.9 Å². The molecule has 1 atom stereocenters. The largest absolute Gasteiger partial charge is 0.376 e. The first-order valence-electron chi connectivity index (χ1n) is 5.64. The van der Waals surface area contributed by atoms with E-state index < -0.39 is 0 Å². The van der Waals surface area contributed by atoms with Crippen molar-refractivity contribution in [2.45, 2.75) is 13.0 Å². The maximum atomic E-state index is 13.2. The van der Waals surface area contributed by atoms with Crippen molar-refractivity contribution in [1.82, 2.24) is 0 Å². The lowest BCUT2D eigenvalue weighted by Gasteiger charge is -2.18. The van der Waals surface area contributed by atoms with Gasteiger partial charge in [-0.3, -0.25) is 0 Å². The van der Waals surface area contributed by atoms with Gasteiger partial charge >= 0.3 is 0 Å². The molecule has 100 valence electrons. The Morgan fingerprint density at radius 3 is 2.37 bits per heavy atom. The summed E-state index contributed by atoms with van der Waals surface area (Å²) in [6.45, 7) is 1.92. The van der Waals surface area contributed by atoms with Crippen LogP contribution in [0.5, 0.6) is 0 Å². The smallest absolute Gasteiger partial charge is 0.123 e. The number of rotatable bonds is 3. The first-order valence-corrected chi connectivity index (χ1v) is 7.19. The van der Waals surface area contributed by atoms with Crippen LogP contribution in [0.1, 0.15) is 18.5 Å². The van der Waals surface area contributed by atoms with Gasteiger partial charge in [0.2, 0.25) is 0 Å². The summed E-state index contributed by atoms with van der Waals surface area (Å²) in [5, 5.41) is 4.23. The molecule has 0 spiro atoms. The van der Waals surface area contributed by atoms with Crippen LogP contribution in [-0.2, 0) is 0 Å². The molecule has 0 saturated carbocycles. The molecular weight excluding hydrogens is 352 g/mol. The third-order valence-corrected chi connectivity index (χ3v) is 3.77. The van der Waals surface area contributed by atoms with E-state index in [9.17, 15) is 4.39 Å². The van der Waals surface area contributed by atoms with Crippen LogP contribution in [0.25, 0.3) is 0 Å². The Hall–Kier alpha value is -0.770. The molecule has 0 amide bonds. The third-order valence-electron chi connectivity index (χ3n) is 2.72. The van der Waals surface area contributed by atoms with E-state index in [2.05, 4.69) is 21.2 Å². The van der Waals surface area contributed by atoms with Crippen LogP contribution >= 0.6 is 39.1 Å². The summed E-state index contributed by atoms with van der Waals surface area (Å²) in [5.74, 6) is -0.265. The fourth-order valence-electron chi connectivity index (χ4n) is 1.76. The first-order chi connectivity index (χ1) is 8.97. The van der Waals surface area contributed by atoms with Gasteiger partial charge in [-0.2, -0.15) is 0 Å². The highest BCUT2D eigenvalue weighted by Gasteiger charge is 2.12. The standard InChI is InChI=1S/C14H11BrCl2FN/c1-8(9-3-2-4-11(18)5-9)19-14-12(16)6-10(15)7-13(14)17/h2-8,19H,1H3. The van der Waals surface area contributed by atoms with Gasteiger partial charge in [-0.1, -0.05) is 51.3 Å². The molecule has 5 heteroatoms. The summed E-state index contributed by atoms with van der Waals surface area (Å²) >= 11 is 15.6. The molecule has 2 aromatic carbocycles. The molecule has 1 N–H and O–H groups in total. The Bertz CT molecular complexity index is 581. The second-order valence-electron chi connectivity index (χ2n) is 4.17. The lowest BCUT2D eigenvalue weighted by molar-refractivity contribution is 0.623. The topological polar surface area (TPSA) is 12.0 Å². The molecular formula is C14H11BrCl2FN. The Morgan fingerprint density at radius 2 is 1.79 bits per heavy atom. The molecule has 0 aromatic heterocycles. The lowest BCUT2D eigenvalue weighted by atomic mass is 10.1. The van der Waals surface area contributed by atoms with Crippen molar-refractivity contribution < 1.29 is 4.39 Å². The van der Waals surface area contributed by atoms with Crippen molar-refractivity contribution in [3.8, 4) is 0 Å². The van der Waals surface area contributed by atoms with E-state index in [1.54, 1.807) is 18.2 Å². The van der Waals surface area contributed by atoms with Gasteiger partial charge in [-0.05, 0) is 36.8 Å². The minimum Gasteiger partial charge on any atom is -0.376 e. The molecule has 0 aliphatic carbocycles. The molecule has 19 heavy (non-hydrogen) atoms. The van der Waals surface area contributed by atoms with Crippen molar-refractivity contribution in [2.75, 3.05) is 5.32 Å². The van der Waals surface area contributed by atoms with Gasteiger partial charge in [0.15, 0.2) is 0 Å². The lowest BCUT2D eigenvalue weighted by Crippen LogP contribution is -2.07. The van der Waals surface area contributed by atoms with Crippen LogP contribution in [-0.4, -0.2) is 0 Å². The van der Waals surface area contributed by atoms with Gasteiger partial charge in [0, 0.05) is 10.5 Å². The third kappa shape index (κ3) is 3.62. The number of anilines is 1. The highest BCUT2D eigenvalue weighted by Crippen LogP contribution is 2.36. The summed E-state index contributed by atoms with van der Waals surface area (Å²) in [6, 6.07) is 9.83. The normalized spacial score (nSPS) is 12.3. The van der Waals surface area contributed by atoms with E-state index in [0.717, 1.165) is 10.0 Å². The summed E-state index contributed by atoms with van der Waals surface area (Å²) in [4.78, 5) is 0. The van der Waals surface area contributed by atoms with E-state index in [1.807, 2.05) is 13.0 Å². The van der Waals surface area contributed by atoms with E-state index in [0.29, 0.717) is 15.7 Å². The van der Waals surface area contributed by atoms with Crippen LogP contribution < -0.4 is 5.32 Å². The summed E-state index contributed by atoms with van der Waals surface area (Å²) < 4.78 is 14.0. The Morgan fingerprint density at radius 1 is 1.16 bits per heavy atom. The number of hydrogen-bond donors (Lipinski definition) is 1. The van der Waals surface area contributed by atoms with Crippen molar-refractivity contribution in [3.05, 3.63) is 62.3 Å². The van der Waals surface area contributed by atoms with Crippen molar-refractivity contribution in [1.29, 1.82) is 0 Å². The molecule has 0 radical (unpaired) electrons. The highest BCUT2D eigenvalue weighted by atomic mass is 79.9. The zero-order chi connectivity index (χ0) is 14.0. The second-order valence-corrected chi connectivity index (χ2v) is 5.90. The van der Waals surface area contributed by atoms with Crippen molar-refractivity contribution >= 4 is 44.8 Å². The van der Waals surface area contributed by atoms with E-state index >= 15 is 0 Å². The molecule has 0 bridgehead atoms. The average molecular weight is 363 g/mol. The first kappa shape index (κ1) is 14.6. The van der Waals surface area contributed by atoms with Gasteiger partial charge in [-0.25, -0.2) is 4.39 Å². The number of benzene rings is 2. The zero-order valence-corrected chi connectivity index (χ0v) is 13.2. The minimum atomic E-state index is -0.265. The molecule has 2 aromatic rings. The quantitative estimate of drug-likeness (QED) is 0.698. The minimum absolute atomic E-state index is 0.105. The fourth-order valence-corrected chi connectivity index (χ4v) is 3.07. The van der Waals surface area contributed by atoms with Gasteiger partial charge in [0.25, 0.3) is 0 Å². The van der Waals surface area contributed by atoms with Crippen LogP contribution in [0.4, 0.5) is 10.1 Å². The van der Waals surface area contributed by atoms with E-state index in [1.165, 1.54) is 12.1 Å². The molecule has 1 nitrogen and oxygen atoms in total. The predicted molar refractivity (Wildman–Crippen MR) is 82.6 cm³/mol. The van der Waals surface area contributed by atoms with Crippen LogP contribution in [0.2, 0.25) is 10.0 Å². The predicted octanol–water partition coefficient (Wildman–Crippen LogP) is 6.07. The van der Waals surface area contributed by atoms with Crippen LogP contribution in [0.3, 0.4) is 0 Å². The highest BCUT2D eigenvalue weighted by molar-refractivity contribution is 9.10. The van der Waals surface area contributed by atoms with Gasteiger partial charge in [0.1, 0.15) is 5.82 Å². The second kappa shape index (κ2) is 6.12.